The molecule has 3 N–H and O–H groups in total. The van der Waals surface area contributed by atoms with Crippen molar-refractivity contribution in [3.63, 3.8) is 0 Å². The summed E-state index contributed by atoms with van der Waals surface area (Å²) in [5, 5.41) is 7.11. The van der Waals surface area contributed by atoms with E-state index < -0.39 is 43.9 Å². The SMILES string of the molecule is CCCC(CCC)S(=O)(=O)C(c1cc(F)cc(F)c1)[C@H]([CH]CNCc1cccc(CC)c1)NC(=O)CNc1ccccc1. The number of sulfone groups is 1. The highest BCUT2D eigenvalue weighted by molar-refractivity contribution is 7.92. The van der Waals surface area contributed by atoms with Crippen LogP contribution in [0.3, 0.4) is 0 Å². The zero-order valence-electron chi connectivity index (χ0n) is 25.3. The lowest BCUT2D eigenvalue weighted by Crippen LogP contribution is -2.47. The van der Waals surface area contributed by atoms with Gasteiger partial charge in [-0.2, -0.15) is 0 Å². The lowest BCUT2D eigenvalue weighted by atomic mass is 10.0. The van der Waals surface area contributed by atoms with Crippen molar-refractivity contribution >= 4 is 21.4 Å². The van der Waals surface area contributed by atoms with Crippen molar-refractivity contribution in [1.82, 2.24) is 10.6 Å². The number of rotatable bonds is 18. The zero-order chi connectivity index (χ0) is 31.2. The van der Waals surface area contributed by atoms with Crippen molar-refractivity contribution in [3.05, 3.63) is 108 Å². The van der Waals surface area contributed by atoms with E-state index >= 15 is 0 Å². The fourth-order valence-corrected chi connectivity index (χ4v) is 7.93. The molecule has 0 fully saturated rings. The number of amides is 1. The number of hydrogen-bond acceptors (Lipinski definition) is 5. The van der Waals surface area contributed by atoms with Crippen LogP contribution in [-0.4, -0.2) is 38.7 Å². The van der Waals surface area contributed by atoms with Gasteiger partial charge in [-0.05, 0) is 66.6 Å². The predicted molar refractivity (Wildman–Crippen MR) is 170 cm³/mol. The maximum Gasteiger partial charge on any atom is 0.239 e. The number of benzene rings is 3. The number of para-hydroxylation sites is 1. The lowest BCUT2D eigenvalue weighted by Gasteiger charge is -2.32. The van der Waals surface area contributed by atoms with Gasteiger partial charge in [0, 0.05) is 24.8 Å². The molecule has 0 aromatic heterocycles. The molecule has 0 saturated heterocycles. The third-order valence-electron chi connectivity index (χ3n) is 7.38. The first-order valence-corrected chi connectivity index (χ1v) is 16.7. The zero-order valence-corrected chi connectivity index (χ0v) is 26.1. The van der Waals surface area contributed by atoms with E-state index in [1.165, 1.54) is 5.56 Å². The van der Waals surface area contributed by atoms with Crippen molar-refractivity contribution in [2.45, 2.75) is 76.0 Å². The van der Waals surface area contributed by atoms with Crippen LogP contribution in [0.4, 0.5) is 14.5 Å². The van der Waals surface area contributed by atoms with Gasteiger partial charge in [-0.1, -0.05) is 76.1 Å². The summed E-state index contributed by atoms with van der Waals surface area (Å²) >= 11 is 0. The van der Waals surface area contributed by atoms with Crippen LogP contribution in [0.15, 0.2) is 72.8 Å². The van der Waals surface area contributed by atoms with Gasteiger partial charge in [-0.25, -0.2) is 17.2 Å². The minimum absolute atomic E-state index is 0.0251. The summed E-state index contributed by atoms with van der Waals surface area (Å²) in [7, 11) is -4.01. The molecule has 0 aliphatic heterocycles. The Labute approximate surface area is 255 Å². The van der Waals surface area contributed by atoms with Crippen LogP contribution in [0.1, 0.15) is 68.4 Å². The Morgan fingerprint density at radius 1 is 0.860 bits per heavy atom. The molecule has 43 heavy (non-hydrogen) atoms. The number of anilines is 1. The Hall–Kier alpha value is -3.30. The summed E-state index contributed by atoms with van der Waals surface area (Å²) < 4.78 is 57.6. The van der Waals surface area contributed by atoms with E-state index in [4.69, 9.17) is 0 Å². The Balaban J connectivity index is 1.93. The molecule has 0 heterocycles. The van der Waals surface area contributed by atoms with E-state index in [0.717, 1.165) is 35.9 Å². The predicted octanol–water partition coefficient (Wildman–Crippen LogP) is 6.54. The van der Waals surface area contributed by atoms with Crippen LogP contribution in [0.25, 0.3) is 0 Å². The number of carbonyl (C=O) groups is 1. The fourth-order valence-electron chi connectivity index (χ4n) is 5.28. The standard InChI is InChI=1S/C34H44F2N3O3S/c1-4-11-31(12-5-2)43(41,42)34(27-20-28(35)22-29(36)21-27)32(39-33(40)24-38-30-15-8-7-9-16-30)17-18-37-23-26-14-10-13-25(6-3)19-26/h7-10,13-17,19-22,31-32,34,37-38H,4-6,11-12,18,23-24H2,1-3H3,(H,39,40)/t32-,34?/m0/s1. The van der Waals surface area contributed by atoms with Crippen LogP contribution < -0.4 is 16.0 Å². The molecular formula is C34H44F2N3O3S. The van der Waals surface area contributed by atoms with E-state index in [2.05, 4.69) is 35.0 Å². The molecule has 2 atom stereocenters. The summed E-state index contributed by atoms with van der Waals surface area (Å²) in [5.74, 6) is -2.19. The average molecular weight is 613 g/mol. The monoisotopic (exact) mass is 612 g/mol. The molecule has 0 bridgehead atoms. The second-order valence-corrected chi connectivity index (χ2v) is 13.1. The van der Waals surface area contributed by atoms with Crippen molar-refractivity contribution in [3.8, 4) is 0 Å². The van der Waals surface area contributed by atoms with Crippen molar-refractivity contribution < 1.29 is 22.0 Å². The summed E-state index contributed by atoms with van der Waals surface area (Å²) in [6.45, 7) is 6.58. The maximum absolute atomic E-state index is 14.5. The topological polar surface area (TPSA) is 87.3 Å². The summed E-state index contributed by atoms with van der Waals surface area (Å²) in [6.07, 6.45) is 4.68. The van der Waals surface area contributed by atoms with Crippen LogP contribution in [0.5, 0.6) is 0 Å². The van der Waals surface area contributed by atoms with Gasteiger partial charge < -0.3 is 16.0 Å². The molecule has 9 heteroatoms. The Morgan fingerprint density at radius 3 is 2.14 bits per heavy atom. The molecular weight excluding hydrogens is 568 g/mol. The molecule has 3 aromatic rings. The largest absolute Gasteiger partial charge is 0.376 e. The Bertz CT molecular complexity index is 1380. The number of aryl methyl sites for hydroxylation is 1. The molecule has 3 aromatic carbocycles. The third kappa shape index (κ3) is 10.4. The van der Waals surface area contributed by atoms with Crippen molar-refractivity contribution in [2.75, 3.05) is 18.4 Å². The molecule has 1 unspecified atom stereocenters. The minimum atomic E-state index is -4.01. The summed E-state index contributed by atoms with van der Waals surface area (Å²) in [5.41, 5.74) is 2.98. The number of hydrogen-bond donors (Lipinski definition) is 3. The summed E-state index contributed by atoms with van der Waals surface area (Å²) in [4.78, 5) is 13.2. The van der Waals surface area contributed by atoms with Gasteiger partial charge in [0.05, 0.1) is 17.8 Å². The van der Waals surface area contributed by atoms with E-state index in [9.17, 15) is 22.0 Å². The van der Waals surface area contributed by atoms with Gasteiger partial charge >= 0.3 is 0 Å². The molecule has 1 radical (unpaired) electrons. The lowest BCUT2D eigenvalue weighted by molar-refractivity contribution is -0.119. The molecule has 3 rings (SSSR count). The van der Waals surface area contributed by atoms with Crippen LogP contribution >= 0.6 is 0 Å². The van der Waals surface area contributed by atoms with Gasteiger partial charge in [0.2, 0.25) is 5.91 Å². The van der Waals surface area contributed by atoms with E-state index in [-0.39, 0.29) is 18.7 Å². The molecule has 0 spiro atoms. The number of halogens is 2. The second-order valence-electron chi connectivity index (χ2n) is 10.8. The minimum Gasteiger partial charge on any atom is -0.376 e. The van der Waals surface area contributed by atoms with Crippen molar-refractivity contribution in [1.29, 1.82) is 0 Å². The fraction of sp³-hybridized carbons (Fsp3) is 0.412. The highest BCUT2D eigenvalue weighted by Gasteiger charge is 2.40. The average Bonchev–Trinajstić information content (AvgIpc) is 2.98. The van der Waals surface area contributed by atoms with Gasteiger partial charge in [0.15, 0.2) is 9.84 Å². The third-order valence-corrected chi connectivity index (χ3v) is 10.1. The number of nitrogens with one attached hydrogen (secondary N) is 3. The van der Waals surface area contributed by atoms with Crippen LogP contribution in [-0.2, 0) is 27.6 Å². The van der Waals surface area contributed by atoms with Gasteiger partial charge in [-0.3, -0.25) is 4.79 Å². The quantitative estimate of drug-likeness (QED) is 0.142. The first-order valence-electron chi connectivity index (χ1n) is 15.1. The second kappa shape index (κ2) is 17.1. The molecule has 1 amide bonds. The van der Waals surface area contributed by atoms with Crippen LogP contribution in [0, 0.1) is 18.1 Å². The molecule has 0 aliphatic carbocycles. The van der Waals surface area contributed by atoms with Crippen LogP contribution in [0.2, 0.25) is 0 Å². The van der Waals surface area contributed by atoms with Gasteiger partial charge in [-0.15, -0.1) is 0 Å². The Morgan fingerprint density at radius 2 is 1.51 bits per heavy atom. The molecule has 0 saturated carbocycles. The first kappa shape index (κ1) is 34.2. The highest BCUT2D eigenvalue weighted by atomic mass is 32.2. The molecule has 6 nitrogen and oxygen atoms in total. The number of carbonyl (C=O) groups excluding carboxylic acids is 1. The normalized spacial score (nSPS) is 13.1. The summed E-state index contributed by atoms with van der Waals surface area (Å²) in [6, 6.07) is 19.1. The maximum atomic E-state index is 14.5. The highest BCUT2D eigenvalue weighted by Crippen LogP contribution is 2.35. The van der Waals surface area contributed by atoms with Gasteiger partial charge in [0.1, 0.15) is 16.9 Å². The first-order chi connectivity index (χ1) is 20.7. The van der Waals surface area contributed by atoms with E-state index in [1.807, 2.05) is 56.3 Å². The Kier molecular flexibility index (Phi) is 13.6. The van der Waals surface area contributed by atoms with Gasteiger partial charge in [0.25, 0.3) is 0 Å². The van der Waals surface area contributed by atoms with Crippen molar-refractivity contribution in [2.24, 2.45) is 0 Å². The van der Waals surface area contributed by atoms with E-state index in [0.29, 0.717) is 32.2 Å². The van der Waals surface area contributed by atoms with E-state index in [1.54, 1.807) is 6.42 Å². The molecule has 233 valence electrons. The molecule has 0 aliphatic rings. The smallest absolute Gasteiger partial charge is 0.239 e.